The maximum Gasteiger partial charge on any atom is 0.269 e. The lowest BCUT2D eigenvalue weighted by molar-refractivity contribution is 0.00590. The van der Waals surface area contributed by atoms with Crippen LogP contribution in [0.4, 0.5) is 13.2 Å². The number of hydrogen-bond acceptors (Lipinski definition) is 1. The van der Waals surface area contributed by atoms with Crippen molar-refractivity contribution in [3.8, 4) is 0 Å². The second-order valence-electron chi connectivity index (χ2n) is 3.18. The van der Waals surface area contributed by atoms with Crippen molar-refractivity contribution in [2.75, 3.05) is 0 Å². The van der Waals surface area contributed by atoms with Gasteiger partial charge in [-0.3, -0.25) is 0 Å². The SMILES string of the molecule is Cl.FC(F)[C@H](F)C1CCCCC1.N. The van der Waals surface area contributed by atoms with Gasteiger partial charge in [0.25, 0.3) is 6.43 Å². The highest BCUT2D eigenvalue weighted by molar-refractivity contribution is 5.85. The van der Waals surface area contributed by atoms with Crippen LogP contribution >= 0.6 is 12.4 Å². The van der Waals surface area contributed by atoms with Gasteiger partial charge in [-0.15, -0.1) is 12.4 Å². The molecule has 5 heteroatoms. The zero-order valence-corrected chi connectivity index (χ0v) is 8.33. The molecule has 0 amide bonds. The van der Waals surface area contributed by atoms with Gasteiger partial charge in [0, 0.05) is 0 Å². The van der Waals surface area contributed by atoms with Crippen molar-refractivity contribution in [2.24, 2.45) is 5.92 Å². The Hall–Kier alpha value is 0.0400. The van der Waals surface area contributed by atoms with E-state index in [4.69, 9.17) is 0 Å². The standard InChI is InChI=1S/C8H13F3.ClH.H3N/c9-7(8(10)11)6-4-2-1-3-5-6;;/h6-8H,1-5H2;1H;1H3/t7-;;/m1../s1. The van der Waals surface area contributed by atoms with E-state index in [9.17, 15) is 13.2 Å². The normalized spacial score (nSPS) is 20.3. The molecule has 82 valence electrons. The summed E-state index contributed by atoms with van der Waals surface area (Å²) in [6.45, 7) is 0. The Morgan fingerprint density at radius 1 is 0.923 bits per heavy atom. The highest BCUT2D eigenvalue weighted by atomic mass is 35.5. The van der Waals surface area contributed by atoms with E-state index in [0.717, 1.165) is 19.3 Å². The quantitative estimate of drug-likeness (QED) is 0.754. The molecule has 1 aliphatic carbocycles. The molecule has 1 saturated carbocycles. The van der Waals surface area contributed by atoms with Crippen molar-refractivity contribution >= 4 is 12.4 Å². The van der Waals surface area contributed by atoms with Gasteiger partial charge in [-0.05, 0) is 18.8 Å². The minimum absolute atomic E-state index is 0. The lowest BCUT2D eigenvalue weighted by Gasteiger charge is -2.24. The van der Waals surface area contributed by atoms with Crippen LogP contribution in [0.1, 0.15) is 32.1 Å². The largest absolute Gasteiger partial charge is 0.344 e. The van der Waals surface area contributed by atoms with E-state index in [2.05, 4.69) is 0 Å². The maximum absolute atomic E-state index is 12.7. The predicted molar refractivity (Wildman–Crippen MR) is 49.7 cm³/mol. The van der Waals surface area contributed by atoms with E-state index in [-0.39, 0.29) is 24.5 Å². The molecular weight excluding hydrogens is 203 g/mol. The van der Waals surface area contributed by atoms with Crippen molar-refractivity contribution < 1.29 is 13.2 Å². The first-order valence-corrected chi connectivity index (χ1v) is 4.14. The molecule has 0 spiro atoms. The van der Waals surface area contributed by atoms with Crippen LogP contribution < -0.4 is 6.15 Å². The fraction of sp³-hybridized carbons (Fsp3) is 1.00. The van der Waals surface area contributed by atoms with Gasteiger partial charge in [-0.25, -0.2) is 13.2 Å². The molecule has 0 bridgehead atoms. The first-order chi connectivity index (χ1) is 5.22. The van der Waals surface area contributed by atoms with E-state index in [1.807, 2.05) is 0 Å². The maximum atomic E-state index is 12.7. The molecule has 3 N–H and O–H groups in total. The van der Waals surface area contributed by atoms with Gasteiger partial charge in [-0.1, -0.05) is 19.3 Å². The second-order valence-corrected chi connectivity index (χ2v) is 3.18. The molecule has 1 nitrogen and oxygen atoms in total. The Morgan fingerprint density at radius 3 is 1.77 bits per heavy atom. The molecule has 0 aromatic carbocycles. The molecule has 0 unspecified atom stereocenters. The minimum atomic E-state index is -2.78. The summed E-state index contributed by atoms with van der Waals surface area (Å²) in [6.07, 6.45) is -0.465. The third-order valence-electron chi connectivity index (χ3n) is 2.34. The molecule has 0 aromatic rings. The summed E-state index contributed by atoms with van der Waals surface area (Å²) >= 11 is 0. The van der Waals surface area contributed by atoms with Crippen molar-refractivity contribution in [2.45, 2.75) is 44.7 Å². The van der Waals surface area contributed by atoms with Gasteiger partial charge < -0.3 is 6.15 Å². The van der Waals surface area contributed by atoms with Crippen molar-refractivity contribution in [3.05, 3.63) is 0 Å². The molecule has 1 rings (SSSR count). The topological polar surface area (TPSA) is 35.0 Å². The summed E-state index contributed by atoms with van der Waals surface area (Å²) < 4.78 is 36.3. The van der Waals surface area contributed by atoms with Crippen LogP contribution in [-0.2, 0) is 0 Å². The fourth-order valence-electron chi connectivity index (χ4n) is 1.66. The van der Waals surface area contributed by atoms with Gasteiger partial charge in [0.2, 0.25) is 0 Å². The van der Waals surface area contributed by atoms with Gasteiger partial charge >= 0.3 is 0 Å². The summed E-state index contributed by atoms with van der Waals surface area (Å²) in [5, 5.41) is 0. The lowest BCUT2D eigenvalue weighted by Crippen LogP contribution is -2.25. The van der Waals surface area contributed by atoms with E-state index in [1.54, 1.807) is 0 Å². The number of alkyl halides is 3. The van der Waals surface area contributed by atoms with Crippen molar-refractivity contribution in [3.63, 3.8) is 0 Å². The molecule has 0 heterocycles. The Bertz CT molecular complexity index is 118. The molecular formula is C8H17ClF3N. The molecule has 13 heavy (non-hydrogen) atoms. The first-order valence-electron chi connectivity index (χ1n) is 4.14. The van der Waals surface area contributed by atoms with Crippen LogP contribution in [0.3, 0.4) is 0 Å². The summed E-state index contributed by atoms with van der Waals surface area (Å²) in [5.41, 5.74) is 0. The van der Waals surface area contributed by atoms with Crippen molar-refractivity contribution in [1.82, 2.24) is 6.15 Å². The smallest absolute Gasteiger partial charge is 0.269 e. The Morgan fingerprint density at radius 2 is 1.38 bits per heavy atom. The molecule has 1 aliphatic rings. The van der Waals surface area contributed by atoms with E-state index < -0.39 is 12.6 Å². The van der Waals surface area contributed by atoms with Crippen LogP contribution in [0, 0.1) is 5.92 Å². The van der Waals surface area contributed by atoms with Crippen LogP contribution in [0.15, 0.2) is 0 Å². The third-order valence-corrected chi connectivity index (χ3v) is 2.34. The summed E-state index contributed by atoms with van der Waals surface area (Å²) in [7, 11) is 0. The zero-order chi connectivity index (χ0) is 8.27. The van der Waals surface area contributed by atoms with Crippen LogP contribution in [0.5, 0.6) is 0 Å². The summed E-state index contributed by atoms with van der Waals surface area (Å²) in [5.74, 6) is -0.372. The van der Waals surface area contributed by atoms with Gasteiger partial charge in [-0.2, -0.15) is 0 Å². The van der Waals surface area contributed by atoms with E-state index in [0.29, 0.717) is 12.8 Å². The lowest BCUT2D eigenvalue weighted by atomic mass is 9.86. The Balaban J connectivity index is 0. The molecule has 0 radical (unpaired) electrons. The minimum Gasteiger partial charge on any atom is -0.344 e. The average Bonchev–Trinajstić information content (AvgIpc) is 2.05. The van der Waals surface area contributed by atoms with E-state index in [1.165, 1.54) is 0 Å². The number of halogens is 4. The third kappa shape index (κ3) is 4.72. The Kier molecular flexibility index (Phi) is 8.88. The highest BCUT2D eigenvalue weighted by Gasteiger charge is 2.30. The number of hydrogen-bond donors (Lipinski definition) is 1. The fourth-order valence-corrected chi connectivity index (χ4v) is 1.66. The van der Waals surface area contributed by atoms with Gasteiger partial charge in [0.1, 0.15) is 0 Å². The van der Waals surface area contributed by atoms with Gasteiger partial charge in [0.15, 0.2) is 6.17 Å². The van der Waals surface area contributed by atoms with Gasteiger partial charge in [0.05, 0.1) is 0 Å². The molecule has 0 aliphatic heterocycles. The molecule has 0 aromatic heterocycles. The summed E-state index contributed by atoms with van der Waals surface area (Å²) in [6, 6.07) is 0. The Labute approximate surface area is 83.1 Å². The predicted octanol–water partition coefficient (Wildman–Crippen LogP) is 3.75. The van der Waals surface area contributed by atoms with Crippen LogP contribution in [0.25, 0.3) is 0 Å². The molecule has 1 fully saturated rings. The first kappa shape index (κ1) is 15.5. The molecule has 1 atom stereocenters. The van der Waals surface area contributed by atoms with Crippen LogP contribution in [-0.4, -0.2) is 12.6 Å². The number of rotatable bonds is 2. The monoisotopic (exact) mass is 219 g/mol. The van der Waals surface area contributed by atoms with E-state index >= 15 is 0 Å². The van der Waals surface area contributed by atoms with Crippen LogP contribution in [0.2, 0.25) is 0 Å². The highest BCUT2D eigenvalue weighted by Crippen LogP contribution is 2.30. The van der Waals surface area contributed by atoms with Crippen molar-refractivity contribution in [1.29, 1.82) is 0 Å². The zero-order valence-electron chi connectivity index (χ0n) is 7.52. The second kappa shape index (κ2) is 7.44. The molecule has 0 saturated heterocycles. The summed E-state index contributed by atoms with van der Waals surface area (Å²) in [4.78, 5) is 0. The average molecular weight is 220 g/mol.